The molecule has 0 aliphatic carbocycles. The number of nitrogens with two attached hydrogens (primary N) is 1. The number of hydrogen-bond donors (Lipinski definition) is 2. The number of aryl methyl sites for hydroxylation is 2. The molecule has 1 heterocycles. The number of benzene rings is 1. The predicted molar refractivity (Wildman–Crippen MR) is 79.6 cm³/mol. The van der Waals surface area contributed by atoms with Gasteiger partial charge in [0.1, 0.15) is 12.4 Å². The lowest BCUT2D eigenvalue weighted by Crippen LogP contribution is -2.40. The number of hydrogen-bond acceptors (Lipinski definition) is 4. The summed E-state index contributed by atoms with van der Waals surface area (Å²) in [5, 5.41) is 4.84. The van der Waals surface area contributed by atoms with Gasteiger partial charge in [0.05, 0.1) is 6.04 Å². The summed E-state index contributed by atoms with van der Waals surface area (Å²) in [5.74, 6) is 6.35. The van der Waals surface area contributed by atoms with Crippen LogP contribution in [0.15, 0.2) is 36.5 Å². The SMILES string of the molecule is Cn1nccc1CCC(COc1ccc(Cl)cc1)NN. The summed E-state index contributed by atoms with van der Waals surface area (Å²) in [7, 11) is 1.93. The first-order valence-electron chi connectivity index (χ1n) is 6.50. The first kappa shape index (κ1) is 14.8. The minimum absolute atomic E-state index is 0.0839. The fourth-order valence-electron chi connectivity index (χ4n) is 1.91. The van der Waals surface area contributed by atoms with Crippen LogP contribution in [0.25, 0.3) is 0 Å². The Kier molecular flexibility index (Phi) is 5.40. The van der Waals surface area contributed by atoms with Crippen molar-refractivity contribution in [3.63, 3.8) is 0 Å². The van der Waals surface area contributed by atoms with Crippen molar-refractivity contribution in [1.82, 2.24) is 15.2 Å². The second-order valence-electron chi connectivity index (χ2n) is 4.61. The van der Waals surface area contributed by atoms with Crippen molar-refractivity contribution in [2.75, 3.05) is 6.61 Å². The minimum Gasteiger partial charge on any atom is -0.492 e. The van der Waals surface area contributed by atoms with Gasteiger partial charge in [0.15, 0.2) is 0 Å². The number of hydrazine groups is 1. The molecule has 1 atom stereocenters. The molecule has 1 unspecified atom stereocenters. The van der Waals surface area contributed by atoms with Gasteiger partial charge < -0.3 is 4.74 Å². The summed E-state index contributed by atoms with van der Waals surface area (Å²) in [5.41, 5.74) is 3.96. The van der Waals surface area contributed by atoms with E-state index in [0.717, 1.165) is 18.6 Å². The van der Waals surface area contributed by atoms with Gasteiger partial charge >= 0.3 is 0 Å². The highest BCUT2D eigenvalue weighted by atomic mass is 35.5. The summed E-state index contributed by atoms with van der Waals surface area (Å²) in [6, 6.07) is 9.39. The van der Waals surface area contributed by atoms with Crippen LogP contribution in [0.5, 0.6) is 5.75 Å². The van der Waals surface area contributed by atoms with E-state index in [9.17, 15) is 0 Å². The van der Waals surface area contributed by atoms with Crippen molar-refractivity contribution < 1.29 is 4.74 Å². The van der Waals surface area contributed by atoms with E-state index in [0.29, 0.717) is 11.6 Å². The third-order valence-corrected chi connectivity index (χ3v) is 3.42. The van der Waals surface area contributed by atoms with Gasteiger partial charge in [-0.2, -0.15) is 5.10 Å². The van der Waals surface area contributed by atoms with E-state index >= 15 is 0 Å². The average Bonchev–Trinajstić information content (AvgIpc) is 2.86. The van der Waals surface area contributed by atoms with Gasteiger partial charge in [0, 0.05) is 24.0 Å². The molecule has 20 heavy (non-hydrogen) atoms. The van der Waals surface area contributed by atoms with E-state index in [4.69, 9.17) is 22.2 Å². The van der Waals surface area contributed by atoms with Crippen molar-refractivity contribution in [3.05, 3.63) is 47.2 Å². The van der Waals surface area contributed by atoms with E-state index in [2.05, 4.69) is 10.5 Å². The predicted octanol–water partition coefficient (Wildman–Crippen LogP) is 1.92. The van der Waals surface area contributed by atoms with Gasteiger partial charge in [-0.05, 0) is 43.2 Å². The zero-order valence-electron chi connectivity index (χ0n) is 11.4. The fraction of sp³-hybridized carbons (Fsp3) is 0.357. The van der Waals surface area contributed by atoms with Gasteiger partial charge in [0.25, 0.3) is 0 Å². The third-order valence-electron chi connectivity index (χ3n) is 3.17. The van der Waals surface area contributed by atoms with Gasteiger partial charge in [0.2, 0.25) is 0 Å². The average molecular weight is 295 g/mol. The number of rotatable bonds is 7. The van der Waals surface area contributed by atoms with Crippen LogP contribution >= 0.6 is 11.6 Å². The number of ether oxygens (including phenoxy) is 1. The van der Waals surface area contributed by atoms with Crippen molar-refractivity contribution >= 4 is 11.6 Å². The van der Waals surface area contributed by atoms with Crippen LogP contribution in [0, 0.1) is 0 Å². The second-order valence-corrected chi connectivity index (χ2v) is 5.05. The zero-order chi connectivity index (χ0) is 14.4. The fourth-order valence-corrected chi connectivity index (χ4v) is 2.04. The van der Waals surface area contributed by atoms with Crippen LogP contribution in [0.4, 0.5) is 0 Å². The summed E-state index contributed by atoms with van der Waals surface area (Å²) in [4.78, 5) is 0. The van der Waals surface area contributed by atoms with E-state index in [1.807, 2.05) is 29.9 Å². The topological polar surface area (TPSA) is 65.1 Å². The van der Waals surface area contributed by atoms with Crippen LogP contribution in [0.1, 0.15) is 12.1 Å². The smallest absolute Gasteiger partial charge is 0.119 e. The largest absolute Gasteiger partial charge is 0.492 e. The highest BCUT2D eigenvalue weighted by Gasteiger charge is 2.09. The van der Waals surface area contributed by atoms with Gasteiger partial charge in [-0.1, -0.05) is 11.6 Å². The summed E-state index contributed by atoms with van der Waals surface area (Å²) in [6.45, 7) is 0.510. The second kappa shape index (κ2) is 7.28. The van der Waals surface area contributed by atoms with E-state index in [1.54, 1.807) is 18.3 Å². The highest BCUT2D eigenvalue weighted by molar-refractivity contribution is 6.30. The highest BCUT2D eigenvalue weighted by Crippen LogP contribution is 2.16. The molecule has 2 rings (SSSR count). The van der Waals surface area contributed by atoms with Crippen LogP contribution in [-0.2, 0) is 13.5 Å². The molecule has 1 aromatic heterocycles. The summed E-state index contributed by atoms with van der Waals surface area (Å²) >= 11 is 5.83. The third kappa shape index (κ3) is 4.23. The lowest BCUT2D eigenvalue weighted by atomic mass is 10.1. The minimum atomic E-state index is 0.0839. The van der Waals surface area contributed by atoms with Crippen LogP contribution < -0.4 is 16.0 Å². The normalized spacial score (nSPS) is 12.3. The zero-order valence-corrected chi connectivity index (χ0v) is 12.2. The van der Waals surface area contributed by atoms with Crippen molar-refractivity contribution in [2.24, 2.45) is 12.9 Å². The van der Waals surface area contributed by atoms with Gasteiger partial charge in [-0.15, -0.1) is 0 Å². The Labute approximate surface area is 123 Å². The molecule has 0 saturated carbocycles. The molecule has 0 saturated heterocycles. The first-order valence-corrected chi connectivity index (χ1v) is 6.88. The number of nitrogens with zero attached hydrogens (tertiary/aromatic N) is 2. The van der Waals surface area contributed by atoms with Crippen molar-refractivity contribution in [3.8, 4) is 5.75 Å². The maximum Gasteiger partial charge on any atom is 0.119 e. The summed E-state index contributed by atoms with van der Waals surface area (Å²) < 4.78 is 7.56. The Morgan fingerprint density at radius 1 is 1.35 bits per heavy atom. The molecule has 2 aromatic rings. The Balaban J connectivity index is 1.80. The molecule has 1 aromatic carbocycles. The lowest BCUT2D eigenvalue weighted by molar-refractivity contribution is 0.257. The van der Waals surface area contributed by atoms with E-state index < -0.39 is 0 Å². The number of aromatic nitrogens is 2. The number of halogens is 1. The maximum absolute atomic E-state index is 5.83. The molecule has 5 nitrogen and oxygen atoms in total. The molecule has 0 aliphatic heterocycles. The Hall–Kier alpha value is -1.56. The molecule has 0 fully saturated rings. The van der Waals surface area contributed by atoms with Crippen LogP contribution in [-0.4, -0.2) is 22.4 Å². The van der Waals surface area contributed by atoms with Crippen LogP contribution in [0.3, 0.4) is 0 Å². The van der Waals surface area contributed by atoms with Gasteiger partial charge in [-0.25, -0.2) is 0 Å². The molecule has 108 valence electrons. The molecular weight excluding hydrogens is 276 g/mol. The molecule has 0 bridgehead atoms. The molecule has 0 spiro atoms. The molecular formula is C14H19ClN4O. The van der Waals surface area contributed by atoms with Crippen molar-refractivity contribution in [1.29, 1.82) is 0 Å². The molecule has 0 amide bonds. The maximum atomic E-state index is 5.83. The molecule has 6 heteroatoms. The standard InChI is InChI=1S/C14H19ClN4O/c1-19-13(8-9-17-19)5-4-12(18-16)10-20-14-6-2-11(15)3-7-14/h2-3,6-9,12,18H,4-5,10,16H2,1H3. The summed E-state index contributed by atoms with van der Waals surface area (Å²) in [6.07, 6.45) is 3.57. The number of nitrogens with one attached hydrogen (secondary N) is 1. The lowest BCUT2D eigenvalue weighted by Gasteiger charge is -2.16. The molecule has 0 aliphatic rings. The van der Waals surface area contributed by atoms with E-state index in [1.165, 1.54) is 5.69 Å². The van der Waals surface area contributed by atoms with E-state index in [-0.39, 0.29) is 6.04 Å². The van der Waals surface area contributed by atoms with Gasteiger partial charge in [-0.3, -0.25) is 16.0 Å². The van der Waals surface area contributed by atoms with Crippen molar-refractivity contribution in [2.45, 2.75) is 18.9 Å². The monoisotopic (exact) mass is 294 g/mol. The Morgan fingerprint density at radius 2 is 2.10 bits per heavy atom. The Bertz CT molecular complexity index is 526. The van der Waals surface area contributed by atoms with Crippen LogP contribution in [0.2, 0.25) is 5.02 Å². The molecule has 3 N–H and O–H groups in total. The first-order chi connectivity index (χ1) is 9.69. The quantitative estimate of drug-likeness (QED) is 0.605. The Morgan fingerprint density at radius 3 is 2.70 bits per heavy atom. The molecule has 0 radical (unpaired) electrons.